The lowest BCUT2D eigenvalue weighted by molar-refractivity contribution is 0.373. The van der Waals surface area contributed by atoms with Gasteiger partial charge in [0.2, 0.25) is 10.0 Å². The Balaban J connectivity index is 1.46. The molecule has 2 N–H and O–H groups in total. The van der Waals surface area contributed by atoms with Crippen molar-refractivity contribution in [3.05, 3.63) is 41.5 Å². The topological polar surface area (TPSA) is 101 Å². The smallest absolute Gasteiger partial charge is 0.244 e. The van der Waals surface area contributed by atoms with Crippen molar-refractivity contribution in [2.45, 2.75) is 56.4 Å². The van der Waals surface area contributed by atoms with E-state index < -0.39 is 10.0 Å². The maximum Gasteiger partial charge on any atom is 0.244 e. The third-order valence-electron chi connectivity index (χ3n) is 5.18. The molecule has 1 fully saturated rings. The Morgan fingerprint density at radius 3 is 2.69 bits per heavy atom. The molecule has 1 aliphatic rings. The highest BCUT2D eigenvalue weighted by Crippen LogP contribution is 2.37. The Hall–Kier alpha value is -2.19. The summed E-state index contributed by atoms with van der Waals surface area (Å²) in [5.74, 6) is 0.351. The molecule has 0 radical (unpaired) electrons. The van der Waals surface area contributed by atoms with Gasteiger partial charge in [0.25, 0.3) is 0 Å². The van der Waals surface area contributed by atoms with Crippen molar-refractivity contribution in [2.24, 2.45) is 0 Å². The molecule has 0 spiro atoms. The predicted molar refractivity (Wildman–Crippen MR) is 97.4 cm³/mol. The molecule has 26 heavy (non-hydrogen) atoms. The lowest BCUT2D eigenvalue weighted by Crippen LogP contribution is -2.37. The molecule has 1 aliphatic carbocycles. The summed E-state index contributed by atoms with van der Waals surface area (Å²) in [7, 11) is -3.56. The molecular formula is C18H22N4O3S. The molecule has 138 valence electrons. The summed E-state index contributed by atoms with van der Waals surface area (Å²) in [5.41, 5.74) is 3.92. The molecule has 4 rings (SSSR count). The van der Waals surface area contributed by atoms with E-state index in [-0.39, 0.29) is 10.9 Å². The van der Waals surface area contributed by atoms with Crippen LogP contribution in [0.5, 0.6) is 0 Å². The van der Waals surface area contributed by atoms with Gasteiger partial charge < -0.3 is 4.42 Å². The predicted octanol–water partition coefficient (Wildman–Crippen LogP) is 3.17. The third-order valence-corrected chi connectivity index (χ3v) is 6.96. The van der Waals surface area contributed by atoms with E-state index in [4.69, 9.17) is 4.42 Å². The van der Waals surface area contributed by atoms with Crippen LogP contribution < -0.4 is 4.72 Å². The minimum absolute atomic E-state index is 0.0592. The molecule has 0 aliphatic heterocycles. The first-order chi connectivity index (χ1) is 12.5. The second-order valence-electron chi connectivity index (χ2n) is 6.97. The van der Waals surface area contributed by atoms with Gasteiger partial charge in [-0.25, -0.2) is 13.1 Å². The number of H-pyrrole nitrogens is 1. The molecule has 0 atom stereocenters. The van der Waals surface area contributed by atoms with Gasteiger partial charge in [0.15, 0.2) is 5.58 Å². The first-order valence-electron chi connectivity index (χ1n) is 8.81. The summed E-state index contributed by atoms with van der Waals surface area (Å²) >= 11 is 0. The van der Waals surface area contributed by atoms with Crippen LogP contribution in [0.1, 0.15) is 48.6 Å². The van der Waals surface area contributed by atoms with Crippen molar-refractivity contribution < 1.29 is 12.8 Å². The normalized spacial score (nSPS) is 21.3. The molecule has 0 bridgehead atoms. The van der Waals surface area contributed by atoms with Gasteiger partial charge >= 0.3 is 0 Å². The van der Waals surface area contributed by atoms with Gasteiger partial charge in [-0.2, -0.15) is 5.10 Å². The van der Waals surface area contributed by atoms with E-state index in [1.807, 2.05) is 12.1 Å². The molecule has 0 amide bonds. The first kappa shape index (κ1) is 17.2. The van der Waals surface area contributed by atoms with Crippen LogP contribution in [0.3, 0.4) is 0 Å². The number of aromatic amines is 1. The summed E-state index contributed by atoms with van der Waals surface area (Å²) in [5, 5.41) is 6.73. The molecule has 8 heteroatoms. The molecule has 0 saturated heterocycles. The van der Waals surface area contributed by atoms with Crippen molar-refractivity contribution in [1.29, 1.82) is 0 Å². The quantitative estimate of drug-likeness (QED) is 0.730. The molecule has 7 nitrogen and oxygen atoms in total. The molecule has 0 unspecified atom stereocenters. The van der Waals surface area contributed by atoms with E-state index in [1.165, 1.54) is 0 Å². The van der Waals surface area contributed by atoms with Gasteiger partial charge in [-0.15, -0.1) is 0 Å². The molecule has 0 aromatic carbocycles. The molecule has 3 aromatic rings. The molecule has 3 heterocycles. The number of hydrogen-bond acceptors (Lipinski definition) is 5. The van der Waals surface area contributed by atoms with Gasteiger partial charge in [-0.3, -0.25) is 10.1 Å². The van der Waals surface area contributed by atoms with Crippen LogP contribution in [0, 0.1) is 13.8 Å². The first-order valence-corrected chi connectivity index (χ1v) is 10.3. The number of rotatable bonds is 4. The van der Waals surface area contributed by atoms with E-state index in [2.05, 4.69) is 19.9 Å². The number of nitrogens with zero attached hydrogens (tertiary/aromatic N) is 2. The van der Waals surface area contributed by atoms with Crippen molar-refractivity contribution in [1.82, 2.24) is 19.9 Å². The molecular weight excluding hydrogens is 352 g/mol. The summed E-state index contributed by atoms with van der Waals surface area (Å²) < 4.78 is 33.8. The van der Waals surface area contributed by atoms with Gasteiger partial charge in [0.1, 0.15) is 10.4 Å². The second kappa shape index (κ2) is 6.51. The summed E-state index contributed by atoms with van der Waals surface area (Å²) in [6, 6.07) is 3.72. The maximum absolute atomic E-state index is 12.7. The lowest BCUT2D eigenvalue weighted by Gasteiger charge is -2.28. The fourth-order valence-corrected chi connectivity index (χ4v) is 5.59. The van der Waals surface area contributed by atoms with Gasteiger partial charge in [-0.1, -0.05) is 0 Å². The average Bonchev–Trinajstić information content (AvgIpc) is 3.19. The van der Waals surface area contributed by atoms with Crippen LogP contribution in [0.2, 0.25) is 0 Å². The zero-order valence-electron chi connectivity index (χ0n) is 14.8. The van der Waals surface area contributed by atoms with Crippen LogP contribution in [-0.4, -0.2) is 29.6 Å². The van der Waals surface area contributed by atoms with E-state index >= 15 is 0 Å². The number of hydrogen-bond donors (Lipinski definition) is 2. The number of aryl methyl sites for hydroxylation is 2. The van der Waals surface area contributed by atoms with Crippen LogP contribution in [0.15, 0.2) is 33.9 Å². The third kappa shape index (κ3) is 3.03. The van der Waals surface area contributed by atoms with Crippen LogP contribution in [0.4, 0.5) is 0 Å². The highest BCUT2D eigenvalue weighted by atomic mass is 32.2. The molecule has 3 aromatic heterocycles. The number of furan rings is 1. The van der Waals surface area contributed by atoms with E-state index in [0.29, 0.717) is 17.3 Å². The lowest BCUT2D eigenvalue weighted by atomic mass is 9.82. The molecule has 1 saturated carbocycles. The summed E-state index contributed by atoms with van der Waals surface area (Å²) in [4.78, 5) is 4.70. The average molecular weight is 374 g/mol. The number of aromatic nitrogens is 3. The Bertz CT molecular complexity index is 1010. The van der Waals surface area contributed by atoms with Crippen LogP contribution in [-0.2, 0) is 10.0 Å². The highest BCUT2D eigenvalue weighted by molar-refractivity contribution is 7.89. The number of nitrogens with one attached hydrogen (secondary N) is 2. The zero-order chi connectivity index (χ0) is 18.3. The Kier molecular flexibility index (Phi) is 4.32. The van der Waals surface area contributed by atoms with E-state index in [0.717, 1.165) is 42.3 Å². The van der Waals surface area contributed by atoms with E-state index in [9.17, 15) is 8.42 Å². The highest BCUT2D eigenvalue weighted by Gasteiger charge is 2.30. The van der Waals surface area contributed by atoms with Crippen molar-refractivity contribution in [3.8, 4) is 0 Å². The van der Waals surface area contributed by atoms with Crippen molar-refractivity contribution >= 4 is 21.1 Å². The van der Waals surface area contributed by atoms with Crippen LogP contribution in [0.25, 0.3) is 11.1 Å². The zero-order valence-corrected chi connectivity index (χ0v) is 15.6. The van der Waals surface area contributed by atoms with E-state index in [1.54, 1.807) is 26.3 Å². The second-order valence-corrected chi connectivity index (χ2v) is 8.62. The minimum atomic E-state index is -3.56. The minimum Gasteiger partial charge on any atom is -0.462 e. The van der Waals surface area contributed by atoms with Gasteiger partial charge in [0.05, 0.1) is 17.7 Å². The Morgan fingerprint density at radius 2 is 2.00 bits per heavy atom. The fourth-order valence-electron chi connectivity index (χ4n) is 3.91. The monoisotopic (exact) mass is 374 g/mol. The summed E-state index contributed by atoms with van der Waals surface area (Å²) in [6.45, 7) is 3.43. The number of fused-ring (bicyclic) bond motifs is 1. The number of pyridine rings is 1. The van der Waals surface area contributed by atoms with Gasteiger partial charge in [0, 0.05) is 17.8 Å². The fraction of sp³-hybridized carbons (Fsp3) is 0.444. The summed E-state index contributed by atoms with van der Waals surface area (Å²) in [6.07, 6.45) is 6.96. The number of sulfonamides is 1. The van der Waals surface area contributed by atoms with Crippen molar-refractivity contribution in [3.63, 3.8) is 0 Å². The maximum atomic E-state index is 12.7. The van der Waals surface area contributed by atoms with Gasteiger partial charge in [-0.05, 0) is 57.6 Å². The Labute approximate surface area is 152 Å². The standard InChI is InChI=1S/C18H22N4O3S/c1-11-18(12(2)21-20-11)26(23,24)22-14-7-5-13(6-8-14)15-10-25-16-4-3-9-19-17(15)16/h3-4,9-10,13-14,22H,5-8H2,1-2H3,(H,20,21). The van der Waals surface area contributed by atoms with Crippen LogP contribution >= 0.6 is 0 Å². The largest absolute Gasteiger partial charge is 0.462 e. The SMILES string of the molecule is Cc1n[nH]c(C)c1S(=O)(=O)NC1CCC(c2coc3cccnc23)CC1. The van der Waals surface area contributed by atoms with Crippen molar-refractivity contribution in [2.75, 3.05) is 0 Å². The Morgan fingerprint density at radius 1 is 1.23 bits per heavy atom.